The molecule has 0 saturated carbocycles. The van der Waals surface area contributed by atoms with E-state index in [4.69, 9.17) is 11.6 Å². The third-order valence-corrected chi connectivity index (χ3v) is 2.02. The van der Waals surface area contributed by atoms with Crippen LogP contribution in [0.3, 0.4) is 0 Å². The van der Waals surface area contributed by atoms with Crippen molar-refractivity contribution in [3.8, 4) is 0 Å². The Morgan fingerprint density at radius 2 is 2.44 bits per heavy atom. The van der Waals surface area contributed by atoms with E-state index in [0.717, 1.165) is 0 Å². The number of amides is 1. The zero-order valence-electron chi connectivity index (χ0n) is 8.84. The first kappa shape index (κ1) is 12.6. The van der Waals surface area contributed by atoms with Crippen LogP contribution in [0.25, 0.3) is 6.08 Å². The van der Waals surface area contributed by atoms with Gasteiger partial charge in [0.15, 0.2) is 0 Å². The molecule has 1 rings (SSSR count). The van der Waals surface area contributed by atoms with Crippen LogP contribution in [-0.4, -0.2) is 17.4 Å². The molecule has 0 aliphatic carbocycles. The number of aromatic nitrogens is 1. The highest BCUT2D eigenvalue weighted by molar-refractivity contribution is 6.30. The van der Waals surface area contributed by atoms with E-state index in [0.29, 0.717) is 23.6 Å². The first-order valence-electron chi connectivity index (χ1n) is 4.81. The maximum absolute atomic E-state index is 13.1. The second-order valence-electron chi connectivity index (χ2n) is 3.21. The summed E-state index contributed by atoms with van der Waals surface area (Å²) < 4.78 is 13.1. The Morgan fingerprint density at radius 1 is 1.69 bits per heavy atom. The first-order chi connectivity index (χ1) is 7.59. The third-order valence-electron chi connectivity index (χ3n) is 1.82. The maximum Gasteiger partial charge on any atom is 0.220 e. The van der Waals surface area contributed by atoms with Gasteiger partial charge in [0, 0.05) is 25.2 Å². The van der Waals surface area contributed by atoms with Gasteiger partial charge in [0.25, 0.3) is 0 Å². The zero-order valence-corrected chi connectivity index (χ0v) is 9.59. The highest BCUT2D eigenvalue weighted by Crippen LogP contribution is 2.13. The van der Waals surface area contributed by atoms with Crippen LogP contribution < -0.4 is 5.32 Å². The van der Waals surface area contributed by atoms with Crippen molar-refractivity contribution in [3.63, 3.8) is 0 Å². The molecular formula is C11H12ClFN2O. The smallest absolute Gasteiger partial charge is 0.220 e. The lowest BCUT2D eigenvalue weighted by molar-refractivity contribution is -0.118. The van der Waals surface area contributed by atoms with Crippen LogP contribution >= 0.6 is 11.6 Å². The van der Waals surface area contributed by atoms with Gasteiger partial charge in [0.05, 0.1) is 5.02 Å². The van der Waals surface area contributed by atoms with Crippen LogP contribution in [-0.2, 0) is 4.79 Å². The largest absolute Gasteiger partial charge is 0.356 e. The second-order valence-corrected chi connectivity index (χ2v) is 3.64. The van der Waals surface area contributed by atoms with Crippen molar-refractivity contribution >= 4 is 23.6 Å². The lowest BCUT2D eigenvalue weighted by Gasteiger charge is -1.98. The summed E-state index contributed by atoms with van der Waals surface area (Å²) in [6.07, 6.45) is 5.24. The average molecular weight is 243 g/mol. The summed E-state index contributed by atoms with van der Waals surface area (Å²) in [5, 5.41) is 3.02. The summed E-state index contributed by atoms with van der Waals surface area (Å²) in [5.41, 5.74) is 0.343. The zero-order chi connectivity index (χ0) is 12.0. The maximum atomic E-state index is 13.1. The van der Waals surface area contributed by atoms with Gasteiger partial charge in [-0.25, -0.2) is 4.98 Å². The van der Waals surface area contributed by atoms with E-state index in [-0.39, 0.29) is 5.91 Å². The van der Waals surface area contributed by atoms with Crippen molar-refractivity contribution in [1.29, 1.82) is 0 Å². The van der Waals surface area contributed by atoms with Gasteiger partial charge in [-0.2, -0.15) is 4.39 Å². The van der Waals surface area contributed by atoms with Gasteiger partial charge in [0.2, 0.25) is 11.9 Å². The number of carbonyl (C=O) groups is 1. The lowest BCUT2D eigenvalue weighted by Crippen LogP contribution is -2.20. The molecule has 1 aromatic heterocycles. The molecule has 1 N–H and O–H groups in total. The standard InChI is InChI=1S/C11H12ClFN2O/c1-8(16)14-5-3-2-4-9-6-10(12)7-15-11(9)13/h2,4,6-7H,3,5H2,1H3,(H,14,16). The molecular weight excluding hydrogens is 231 g/mol. The summed E-state index contributed by atoms with van der Waals surface area (Å²) in [6, 6.07) is 1.50. The van der Waals surface area contributed by atoms with E-state index in [9.17, 15) is 9.18 Å². The predicted molar refractivity (Wildman–Crippen MR) is 61.5 cm³/mol. The number of carbonyl (C=O) groups excluding carboxylic acids is 1. The van der Waals surface area contributed by atoms with Gasteiger partial charge in [-0.05, 0) is 12.5 Å². The summed E-state index contributed by atoms with van der Waals surface area (Å²) in [7, 11) is 0. The van der Waals surface area contributed by atoms with Crippen LogP contribution in [0.15, 0.2) is 18.3 Å². The van der Waals surface area contributed by atoms with Gasteiger partial charge in [0.1, 0.15) is 0 Å². The Hall–Kier alpha value is -1.42. The molecule has 0 aromatic carbocycles. The monoisotopic (exact) mass is 242 g/mol. The minimum atomic E-state index is -0.555. The van der Waals surface area contributed by atoms with Crippen molar-refractivity contribution in [2.24, 2.45) is 0 Å². The van der Waals surface area contributed by atoms with Crippen molar-refractivity contribution in [2.75, 3.05) is 6.54 Å². The lowest BCUT2D eigenvalue weighted by atomic mass is 10.2. The summed E-state index contributed by atoms with van der Waals surface area (Å²) in [4.78, 5) is 14.0. The first-order valence-corrected chi connectivity index (χ1v) is 5.19. The molecule has 0 aliphatic rings. The third kappa shape index (κ3) is 4.40. The van der Waals surface area contributed by atoms with Crippen LogP contribution in [0.1, 0.15) is 18.9 Å². The minimum Gasteiger partial charge on any atom is -0.356 e. The van der Waals surface area contributed by atoms with E-state index < -0.39 is 5.95 Å². The predicted octanol–water partition coefficient (Wildman–Crippen LogP) is 2.41. The molecule has 1 amide bonds. The Morgan fingerprint density at radius 3 is 3.12 bits per heavy atom. The SMILES string of the molecule is CC(=O)NCCC=Cc1cc(Cl)cnc1F. The Balaban J connectivity index is 2.49. The molecule has 0 spiro atoms. The number of nitrogens with zero attached hydrogens (tertiary/aromatic N) is 1. The molecule has 86 valence electrons. The normalized spacial score (nSPS) is 10.7. The quantitative estimate of drug-likeness (QED) is 0.651. The van der Waals surface area contributed by atoms with E-state index in [1.807, 2.05) is 0 Å². The molecule has 0 saturated heterocycles. The van der Waals surface area contributed by atoms with E-state index >= 15 is 0 Å². The van der Waals surface area contributed by atoms with Gasteiger partial charge in [-0.3, -0.25) is 4.79 Å². The Labute approximate surface area is 98.3 Å². The topological polar surface area (TPSA) is 42.0 Å². The number of pyridine rings is 1. The van der Waals surface area contributed by atoms with Crippen molar-refractivity contribution < 1.29 is 9.18 Å². The molecule has 0 unspecified atom stereocenters. The summed E-state index contributed by atoms with van der Waals surface area (Å²) in [5.74, 6) is -0.635. The number of rotatable bonds is 4. The molecule has 3 nitrogen and oxygen atoms in total. The highest BCUT2D eigenvalue weighted by Gasteiger charge is 1.99. The van der Waals surface area contributed by atoms with E-state index in [1.54, 1.807) is 12.2 Å². The summed E-state index contributed by atoms with van der Waals surface area (Å²) in [6.45, 7) is 1.98. The van der Waals surface area contributed by atoms with Crippen LogP contribution in [0.4, 0.5) is 4.39 Å². The second kappa shape index (κ2) is 6.23. The molecule has 0 aliphatic heterocycles. The van der Waals surface area contributed by atoms with Crippen LogP contribution in [0.2, 0.25) is 5.02 Å². The van der Waals surface area contributed by atoms with Gasteiger partial charge < -0.3 is 5.32 Å². The molecule has 16 heavy (non-hydrogen) atoms. The number of hydrogen-bond donors (Lipinski definition) is 1. The average Bonchev–Trinajstić information content (AvgIpc) is 2.22. The molecule has 0 atom stereocenters. The van der Waals surface area contributed by atoms with Gasteiger partial charge in [-0.15, -0.1) is 0 Å². The minimum absolute atomic E-state index is 0.0796. The fraction of sp³-hybridized carbons (Fsp3) is 0.273. The number of nitrogens with one attached hydrogen (secondary N) is 1. The fourth-order valence-electron chi connectivity index (χ4n) is 1.10. The molecule has 0 bridgehead atoms. The van der Waals surface area contributed by atoms with Crippen LogP contribution in [0.5, 0.6) is 0 Å². The van der Waals surface area contributed by atoms with Gasteiger partial charge >= 0.3 is 0 Å². The molecule has 1 heterocycles. The molecule has 0 radical (unpaired) electrons. The molecule has 0 fully saturated rings. The summed E-state index contributed by atoms with van der Waals surface area (Å²) >= 11 is 5.68. The van der Waals surface area contributed by atoms with Crippen molar-refractivity contribution in [1.82, 2.24) is 10.3 Å². The number of hydrogen-bond acceptors (Lipinski definition) is 2. The van der Waals surface area contributed by atoms with Gasteiger partial charge in [-0.1, -0.05) is 23.8 Å². The highest BCUT2D eigenvalue weighted by atomic mass is 35.5. The van der Waals surface area contributed by atoms with Crippen molar-refractivity contribution in [2.45, 2.75) is 13.3 Å². The van der Waals surface area contributed by atoms with Crippen LogP contribution in [0, 0.1) is 5.95 Å². The molecule has 1 aromatic rings. The van der Waals surface area contributed by atoms with E-state index in [1.165, 1.54) is 19.2 Å². The molecule has 5 heteroatoms. The number of halogens is 2. The Bertz CT molecular complexity index is 407. The fourth-order valence-corrected chi connectivity index (χ4v) is 1.26. The van der Waals surface area contributed by atoms with Crippen molar-refractivity contribution in [3.05, 3.63) is 34.9 Å². The van der Waals surface area contributed by atoms with E-state index in [2.05, 4.69) is 10.3 Å². The Kier molecular flexibility index (Phi) is 4.92.